The van der Waals surface area contributed by atoms with Crippen LogP contribution in [-0.4, -0.2) is 39.9 Å². The second-order valence-electron chi connectivity index (χ2n) is 9.67. The number of benzene rings is 3. The monoisotopic (exact) mass is 540 g/mol. The van der Waals surface area contributed by atoms with Crippen LogP contribution < -0.4 is 4.74 Å². The van der Waals surface area contributed by atoms with Crippen LogP contribution in [0.1, 0.15) is 17.5 Å². The highest BCUT2D eigenvalue weighted by atomic mass is 32.2. The minimum Gasteiger partial charge on any atom is -0.457 e. The molecule has 39 heavy (non-hydrogen) atoms. The molecule has 0 bridgehead atoms. The van der Waals surface area contributed by atoms with Gasteiger partial charge in [0.15, 0.2) is 5.78 Å². The number of rotatable bonds is 10. The number of nitrogens with zero attached hydrogens (tertiary/aromatic N) is 2. The molecule has 0 radical (unpaired) electrons. The van der Waals surface area contributed by atoms with Gasteiger partial charge in [-0.1, -0.05) is 42.5 Å². The molecule has 1 amide bonds. The Morgan fingerprint density at radius 2 is 1.54 bits per heavy atom. The number of aromatic nitrogens is 1. The van der Waals surface area contributed by atoms with Crippen LogP contribution in [0.25, 0.3) is 0 Å². The Balaban J connectivity index is 1.25. The van der Waals surface area contributed by atoms with Gasteiger partial charge in [-0.3, -0.25) is 14.6 Å². The van der Waals surface area contributed by atoms with Crippen molar-refractivity contribution < 1.29 is 18.7 Å². The number of halogens is 1. The normalized spacial score (nSPS) is 16.7. The molecule has 2 heterocycles. The van der Waals surface area contributed by atoms with Crippen LogP contribution in [0, 0.1) is 11.7 Å². The first-order valence-electron chi connectivity index (χ1n) is 12.9. The molecule has 5 rings (SSSR count). The SMILES string of the molecule is O=C(Cc1ccc(Oc2ccc(F)cc2)cc1)[C@@H]1C[C@@H](Cc2ccccc2)CN1C(=O)CSc1ccncc1. The number of ether oxygens (including phenoxy) is 1. The summed E-state index contributed by atoms with van der Waals surface area (Å²) in [6, 6.07) is 26.7. The molecular formula is C32H29FN2O3S. The first-order valence-corrected chi connectivity index (χ1v) is 13.9. The Labute approximate surface area is 232 Å². The van der Waals surface area contributed by atoms with E-state index in [1.165, 1.54) is 29.5 Å². The number of amides is 1. The molecule has 1 aliphatic heterocycles. The lowest BCUT2D eigenvalue weighted by molar-refractivity contribution is -0.135. The Kier molecular flexibility index (Phi) is 8.68. The zero-order chi connectivity index (χ0) is 27.0. The van der Waals surface area contributed by atoms with Gasteiger partial charge in [0.25, 0.3) is 0 Å². The second-order valence-corrected chi connectivity index (χ2v) is 10.7. The number of carbonyl (C=O) groups excluding carboxylic acids is 2. The molecule has 0 spiro atoms. The smallest absolute Gasteiger partial charge is 0.233 e. The Hall–Kier alpha value is -3.97. The minimum atomic E-state index is -0.445. The summed E-state index contributed by atoms with van der Waals surface area (Å²) in [6.45, 7) is 0.575. The molecule has 1 saturated heterocycles. The number of ketones is 1. The summed E-state index contributed by atoms with van der Waals surface area (Å²) in [6.07, 6.45) is 5.15. The third-order valence-electron chi connectivity index (χ3n) is 6.81. The molecule has 5 nitrogen and oxygen atoms in total. The number of hydrogen-bond donors (Lipinski definition) is 0. The third-order valence-corrected chi connectivity index (χ3v) is 7.81. The van der Waals surface area contributed by atoms with Crippen molar-refractivity contribution in [3.05, 3.63) is 120 Å². The fourth-order valence-corrected chi connectivity index (χ4v) is 5.66. The number of Topliss-reactive ketones (excluding diaryl/α,β-unsaturated/α-hetero) is 1. The van der Waals surface area contributed by atoms with E-state index < -0.39 is 6.04 Å². The van der Waals surface area contributed by atoms with Gasteiger partial charge in [0, 0.05) is 30.3 Å². The molecule has 3 aromatic carbocycles. The molecule has 1 fully saturated rings. The lowest BCUT2D eigenvalue weighted by Crippen LogP contribution is -2.42. The standard InChI is InChI=1S/C32H29FN2O3S/c33-26-8-12-28(13-9-26)38-27-10-6-24(7-11-27)20-31(36)30-19-25(18-23-4-2-1-3-5-23)21-35(30)32(37)22-39-29-14-16-34-17-15-29/h1-17,25,30H,18-22H2/t25-,30+/m1/s1. The molecular weight excluding hydrogens is 511 g/mol. The van der Waals surface area contributed by atoms with E-state index in [-0.39, 0.29) is 35.6 Å². The highest BCUT2D eigenvalue weighted by Gasteiger charge is 2.39. The highest BCUT2D eigenvalue weighted by Crippen LogP contribution is 2.30. The van der Waals surface area contributed by atoms with Crippen LogP contribution in [0.5, 0.6) is 11.5 Å². The lowest BCUT2D eigenvalue weighted by Gasteiger charge is -2.24. The van der Waals surface area contributed by atoms with Crippen molar-refractivity contribution in [1.29, 1.82) is 0 Å². The summed E-state index contributed by atoms with van der Waals surface area (Å²) in [4.78, 5) is 33.6. The maximum absolute atomic E-state index is 13.5. The quantitative estimate of drug-likeness (QED) is 0.219. The fraction of sp³-hybridized carbons (Fsp3) is 0.219. The molecule has 1 aliphatic rings. The molecule has 0 N–H and O–H groups in total. The van der Waals surface area contributed by atoms with Crippen molar-refractivity contribution in [1.82, 2.24) is 9.88 Å². The number of likely N-dealkylation sites (tertiary alicyclic amines) is 1. The average molecular weight is 541 g/mol. The van der Waals surface area contributed by atoms with Gasteiger partial charge in [-0.05, 0) is 78.4 Å². The molecule has 0 aliphatic carbocycles. The summed E-state index contributed by atoms with van der Waals surface area (Å²) in [5, 5.41) is 0. The largest absolute Gasteiger partial charge is 0.457 e. The predicted octanol–water partition coefficient (Wildman–Crippen LogP) is 6.38. The zero-order valence-electron chi connectivity index (χ0n) is 21.4. The van der Waals surface area contributed by atoms with E-state index in [0.29, 0.717) is 24.5 Å². The molecule has 1 aromatic heterocycles. The van der Waals surface area contributed by atoms with Crippen LogP contribution >= 0.6 is 11.8 Å². The summed E-state index contributed by atoms with van der Waals surface area (Å²) in [5.74, 6) is 1.34. The van der Waals surface area contributed by atoms with Gasteiger partial charge in [-0.15, -0.1) is 11.8 Å². The summed E-state index contributed by atoms with van der Waals surface area (Å²) in [5.41, 5.74) is 2.07. The van der Waals surface area contributed by atoms with E-state index in [9.17, 15) is 14.0 Å². The molecule has 2 atom stereocenters. The topological polar surface area (TPSA) is 59.5 Å². The highest BCUT2D eigenvalue weighted by molar-refractivity contribution is 8.00. The number of carbonyl (C=O) groups is 2. The maximum Gasteiger partial charge on any atom is 0.233 e. The number of pyridine rings is 1. The molecule has 4 aromatic rings. The van der Waals surface area contributed by atoms with Crippen LogP contribution in [0.15, 0.2) is 108 Å². The maximum atomic E-state index is 13.5. The van der Waals surface area contributed by atoms with Gasteiger partial charge in [0.1, 0.15) is 17.3 Å². The van der Waals surface area contributed by atoms with Crippen LogP contribution in [-0.2, 0) is 22.4 Å². The predicted molar refractivity (Wildman–Crippen MR) is 150 cm³/mol. The Bertz CT molecular complexity index is 1380. The Morgan fingerprint density at radius 3 is 2.23 bits per heavy atom. The van der Waals surface area contributed by atoms with Crippen LogP contribution in [0.4, 0.5) is 4.39 Å². The van der Waals surface area contributed by atoms with Crippen LogP contribution in [0.3, 0.4) is 0 Å². The minimum absolute atomic E-state index is 0.0197. The van der Waals surface area contributed by atoms with E-state index >= 15 is 0 Å². The van der Waals surface area contributed by atoms with E-state index in [0.717, 1.165) is 16.9 Å². The van der Waals surface area contributed by atoms with E-state index in [1.807, 2.05) is 42.5 Å². The fourth-order valence-electron chi connectivity index (χ4n) is 4.89. The van der Waals surface area contributed by atoms with Crippen molar-refractivity contribution in [2.45, 2.75) is 30.2 Å². The van der Waals surface area contributed by atoms with Crippen molar-refractivity contribution in [2.75, 3.05) is 12.3 Å². The first kappa shape index (κ1) is 26.6. The van der Waals surface area contributed by atoms with Gasteiger partial charge in [0.05, 0.1) is 11.8 Å². The average Bonchev–Trinajstić information content (AvgIpc) is 3.39. The van der Waals surface area contributed by atoms with Crippen molar-refractivity contribution in [3.8, 4) is 11.5 Å². The van der Waals surface area contributed by atoms with Crippen molar-refractivity contribution in [2.24, 2.45) is 5.92 Å². The van der Waals surface area contributed by atoms with Gasteiger partial charge >= 0.3 is 0 Å². The van der Waals surface area contributed by atoms with Crippen molar-refractivity contribution in [3.63, 3.8) is 0 Å². The summed E-state index contributed by atoms with van der Waals surface area (Å²) in [7, 11) is 0. The van der Waals surface area contributed by atoms with E-state index in [2.05, 4.69) is 17.1 Å². The summed E-state index contributed by atoms with van der Waals surface area (Å²) < 4.78 is 18.9. The Morgan fingerprint density at radius 1 is 0.872 bits per heavy atom. The number of hydrogen-bond acceptors (Lipinski definition) is 5. The molecule has 198 valence electrons. The van der Waals surface area contributed by atoms with Crippen LogP contribution in [0.2, 0.25) is 0 Å². The van der Waals surface area contributed by atoms with E-state index in [4.69, 9.17) is 4.74 Å². The second kappa shape index (κ2) is 12.7. The van der Waals surface area contributed by atoms with Gasteiger partial charge in [0.2, 0.25) is 5.91 Å². The molecule has 0 saturated carbocycles. The van der Waals surface area contributed by atoms with Crippen molar-refractivity contribution >= 4 is 23.5 Å². The van der Waals surface area contributed by atoms with Gasteiger partial charge in [-0.25, -0.2) is 4.39 Å². The van der Waals surface area contributed by atoms with Gasteiger partial charge in [-0.2, -0.15) is 0 Å². The van der Waals surface area contributed by atoms with E-state index in [1.54, 1.807) is 41.6 Å². The lowest BCUT2D eigenvalue weighted by atomic mass is 9.94. The molecule has 0 unspecified atom stereocenters. The summed E-state index contributed by atoms with van der Waals surface area (Å²) >= 11 is 1.46. The molecule has 7 heteroatoms. The third kappa shape index (κ3) is 7.33. The zero-order valence-corrected chi connectivity index (χ0v) is 22.2. The van der Waals surface area contributed by atoms with Gasteiger partial charge < -0.3 is 9.64 Å². The first-order chi connectivity index (χ1) is 19.0. The number of thioether (sulfide) groups is 1.